The summed E-state index contributed by atoms with van der Waals surface area (Å²) in [6.07, 6.45) is -5.98. The van der Waals surface area contributed by atoms with Crippen LogP contribution in [0.5, 0.6) is 0 Å². The van der Waals surface area contributed by atoms with Crippen LogP contribution >= 0.6 is 12.4 Å². The predicted molar refractivity (Wildman–Crippen MR) is 118 cm³/mol. The van der Waals surface area contributed by atoms with E-state index in [-0.39, 0.29) is 44.5 Å². The summed E-state index contributed by atoms with van der Waals surface area (Å²) in [7, 11) is 0. The lowest BCUT2D eigenvalue weighted by atomic mass is 10.1. The molecule has 1 heterocycles. The second-order valence-corrected chi connectivity index (χ2v) is 7.64. The van der Waals surface area contributed by atoms with Gasteiger partial charge in [0, 0.05) is 19.6 Å². The van der Waals surface area contributed by atoms with Gasteiger partial charge in [0.25, 0.3) is 0 Å². The Labute approximate surface area is 202 Å². The molecule has 0 aliphatic heterocycles. The molecule has 190 valence electrons. The van der Waals surface area contributed by atoms with Gasteiger partial charge in [-0.15, -0.1) is 12.4 Å². The molecule has 0 amide bonds. The van der Waals surface area contributed by atoms with E-state index >= 15 is 0 Å². The molecule has 0 fully saturated rings. The number of imidazole rings is 1. The predicted octanol–water partition coefficient (Wildman–Crippen LogP) is 6.34. The molecule has 0 saturated carbocycles. The first-order chi connectivity index (χ1) is 15.9. The van der Waals surface area contributed by atoms with E-state index in [2.05, 4.69) is 4.98 Å². The zero-order valence-corrected chi connectivity index (χ0v) is 18.9. The highest BCUT2D eigenvalue weighted by Gasteiger charge is 2.31. The van der Waals surface area contributed by atoms with Crippen molar-refractivity contribution in [3.63, 3.8) is 0 Å². The van der Waals surface area contributed by atoms with Gasteiger partial charge in [-0.25, -0.2) is 4.57 Å². The van der Waals surface area contributed by atoms with Crippen molar-refractivity contribution < 1.29 is 31.3 Å². The minimum Gasteiger partial charge on any atom is -0.390 e. The molecule has 0 atom stereocenters. The molecular formula is C22H21ClF6N4O2. The number of aryl methyl sites for hydroxylation is 1. The lowest BCUT2D eigenvalue weighted by Gasteiger charge is -2.23. The van der Waals surface area contributed by atoms with Crippen molar-refractivity contribution in [3.8, 4) is 0 Å². The topological polar surface area (TPSA) is 64.2 Å². The Morgan fingerprint density at radius 3 is 1.89 bits per heavy atom. The van der Waals surface area contributed by atoms with E-state index in [0.717, 1.165) is 24.3 Å². The summed E-state index contributed by atoms with van der Waals surface area (Å²) in [5, 5.41) is 11.0. The minimum absolute atomic E-state index is 0. The van der Waals surface area contributed by atoms with Crippen LogP contribution in [0.4, 0.5) is 32.3 Å². The number of hydrogen-bond donors (Lipinski definition) is 0. The number of aromatic nitrogens is 2. The Kier molecular flexibility index (Phi) is 9.27. The first kappa shape index (κ1) is 28.1. The number of alkyl halides is 6. The first-order valence-electron chi connectivity index (χ1n) is 10.1. The van der Waals surface area contributed by atoms with Gasteiger partial charge in [-0.3, -0.25) is 4.90 Å². The van der Waals surface area contributed by atoms with E-state index in [1.165, 1.54) is 41.2 Å². The monoisotopic (exact) mass is 522 g/mol. The van der Waals surface area contributed by atoms with Gasteiger partial charge in [0.1, 0.15) is 12.4 Å². The van der Waals surface area contributed by atoms with Crippen molar-refractivity contribution in [2.45, 2.75) is 38.4 Å². The van der Waals surface area contributed by atoms with Crippen LogP contribution in [0.2, 0.25) is 0 Å². The maximum Gasteiger partial charge on any atom is 0.434 e. The molecule has 0 spiro atoms. The molecule has 0 saturated heterocycles. The van der Waals surface area contributed by atoms with Crippen molar-refractivity contribution in [2.24, 2.45) is 0 Å². The zero-order valence-electron chi connectivity index (χ0n) is 18.1. The summed E-state index contributed by atoms with van der Waals surface area (Å²) < 4.78 is 79.8. The standard InChI is InChI=1S/C22H20F6N4O2.ClH/c23-21(24,25)18-6-1-4-16(12-18)14-30(9-3-10-31-11-8-29-20(31)32(33)34)15-17-5-2-7-19(13-17)22(26,27)28;/h1-2,4-8,11-13H,3,9-10,14-15H2;1H. The van der Waals surface area contributed by atoms with Crippen molar-refractivity contribution in [1.82, 2.24) is 14.5 Å². The van der Waals surface area contributed by atoms with Crippen LogP contribution < -0.4 is 0 Å². The Bertz CT molecular complexity index is 1070. The van der Waals surface area contributed by atoms with Crippen molar-refractivity contribution in [1.29, 1.82) is 0 Å². The molecule has 0 aliphatic carbocycles. The normalized spacial score (nSPS) is 12.0. The average Bonchev–Trinajstić information content (AvgIpc) is 3.22. The molecule has 0 N–H and O–H groups in total. The zero-order chi connectivity index (χ0) is 24.9. The Morgan fingerprint density at radius 1 is 0.914 bits per heavy atom. The van der Waals surface area contributed by atoms with Crippen molar-refractivity contribution >= 4 is 18.4 Å². The number of nitro groups is 1. The third-order valence-electron chi connectivity index (χ3n) is 5.05. The Balaban J connectivity index is 0.00000432. The van der Waals surface area contributed by atoms with E-state index in [0.29, 0.717) is 17.5 Å². The van der Waals surface area contributed by atoms with Crippen LogP contribution in [0.3, 0.4) is 0 Å². The molecule has 3 rings (SSSR count). The number of nitrogens with zero attached hydrogens (tertiary/aromatic N) is 4. The lowest BCUT2D eigenvalue weighted by molar-refractivity contribution is -0.396. The first-order valence-corrected chi connectivity index (χ1v) is 10.1. The summed E-state index contributed by atoms with van der Waals surface area (Å²) in [5.74, 6) is -0.345. The molecule has 1 aromatic heterocycles. The highest BCUT2D eigenvalue weighted by Crippen LogP contribution is 2.31. The molecule has 35 heavy (non-hydrogen) atoms. The molecule has 3 aromatic rings. The molecule has 2 aromatic carbocycles. The highest BCUT2D eigenvalue weighted by atomic mass is 35.5. The molecule has 6 nitrogen and oxygen atoms in total. The van der Waals surface area contributed by atoms with E-state index in [9.17, 15) is 36.5 Å². The third kappa shape index (κ3) is 7.96. The molecule has 0 bridgehead atoms. The summed E-state index contributed by atoms with van der Waals surface area (Å²) in [6, 6.07) is 9.45. The maximum atomic E-state index is 13.1. The maximum absolute atomic E-state index is 13.1. The number of halogens is 7. The quantitative estimate of drug-likeness (QED) is 0.187. The molecule has 0 unspecified atom stereocenters. The number of rotatable bonds is 9. The largest absolute Gasteiger partial charge is 0.434 e. The second-order valence-electron chi connectivity index (χ2n) is 7.64. The summed E-state index contributed by atoms with van der Waals surface area (Å²) in [5.41, 5.74) is -0.957. The van der Waals surface area contributed by atoms with E-state index in [1.807, 2.05) is 0 Å². The smallest absolute Gasteiger partial charge is 0.390 e. The average molecular weight is 523 g/mol. The third-order valence-corrected chi connectivity index (χ3v) is 5.05. The Morgan fingerprint density at radius 2 is 1.43 bits per heavy atom. The molecule has 13 heteroatoms. The SMILES string of the molecule is Cl.O=[N+]([O-])c1nccn1CCCN(Cc1cccc(C(F)(F)F)c1)Cc1cccc(C(F)(F)F)c1. The van der Waals surface area contributed by atoms with Crippen molar-refractivity contribution in [3.05, 3.63) is 93.3 Å². The van der Waals surface area contributed by atoms with Crippen LogP contribution in [-0.2, 0) is 32.0 Å². The number of hydrogen-bond acceptors (Lipinski definition) is 4. The van der Waals surface area contributed by atoms with Gasteiger partial charge in [-0.1, -0.05) is 41.4 Å². The summed E-state index contributed by atoms with van der Waals surface area (Å²) >= 11 is 0. The van der Waals surface area contributed by atoms with Gasteiger partial charge in [-0.05, 0) is 34.6 Å². The van der Waals surface area contributed by atoms with Gasteiger partial charge < -0.3 is 10.1 Å². The Hall–Kier alpha value is -3.12. The molecule has 0 radical (unpaired) electrons. The van der Waals surface area contributed by atoms with Gasteiger partial charge in [0.2, 0.25) is 0 Å². The van der Waals surface area contributed by atoms with Crippen LogP contribution in [-0.4, -0.2) is 25.9 Å². The lowest BCUT2D eigenvalue weighted by Crippen LogP contribution is -2.25. The van der Waals surface area contributed by atoms with Crippen LogP contribution in [0.1, 0.15) is 28.7 Å². The highest BCUT2D eigenvalue weighted by molar-refractivity contribution is 5.85. The fourth-order valence-corrected chi connectivity index (χ4v) is 3.53. The van der Waals surface area contributed by atoms with E-state index < -0.39 is 28.4 Å². The fraction of sp³-hybridized carbons (Fsp3) is 0.318. The fourth-order valence-electron chi connectivity index (χ4n) is 3.53. The van der Waals surface area contributed by atoms with Crippen molar-refractivity contribution in [2.75, 3.05) is 6.54 Å². The molecule has 0 aliphatic rings. The van der Waals surface area contributed by atoms with Gasteiger partial charge in [-0.2, -0.15) is 26.3 Å². The number of benzene rings is 2. The van der Waals surface area contributed by atoms with Crippen LogP contribution in [0.25, 0.3) is 0 Å². The van der Waals surface area contributed by atoms with Gasteiger partial charge >= 0.3 is 18.3 Å². The van der Waals surface area contributed by atoms with Crippen LogP contribution in [0, 0.1) is 10.1 Å². The second kappa shape index (κ2) is 11.5. The summed E-state index contributed by atoms with van der Waals surface area (Å²) in [6.45, 7) is 0.568. The molecular weight excluding hydrogens is 502 g/mol. The van der Waals surface area contributed by atoms with Gasteiger partial charge in [0.05, 0.1) is 17.7 Å². The summed E-state index contributed by atoms with van der Waals surface area (Å²) in [4.78, 5) is 15.7. The van der Waals surface area contributed by atoms with E-state index in [1.54, 1.807) is 4.90 Å². The van der Waals surface area contributed by atoms with Crippen LogP contribution in [0.15, 0.2) is 60.9 Å². The van der Waals surface area contributed by atoms with Gasteiger partial charge in [0.15, 0.2) is 0 Å². The van der Waals surface area contributed by atoms with E-state index in [4.69, 9.17) is 0 Å². The minimum atomic E-state index is -4.53.